The van der Waals surface area contributed by atoms with Crippen molar-refractivity contribution in [2.24, 2.45) is 10.9 Å². The molecule has 170 valence electrons. The first-order chi connectivity index (χ1) is 14.5. The van der Waals surface area contributed by atoms with E-state index in [1.165, 1.54) is 26.2 Å². The maximum atomic E-state index is 5.99. The minimum Gasteiger partial charge on any atom is -0.497 e. The molecule has 7 heteroatoms. The van der Waals surface area contributed by atoms with Crippen molar-refractivity contribution in [3.63, 3.8) is 0 Å². The number of hydrogen-bond acceptors (Lipinski definition) is 5. The van der Waals surface area contributed by atoms with Gasteiger partial charge in [-0.15, -0.1) is 0 Å². The summed E-state index contributed by atoms with van der Waals surface area (Å²) in [5.41, 5.74) is 0. The van der Waals surface area contributed by atoms with Gasteiger partial charge in [-0.1, -0.05) is 19.9 Å². The fourth-order valence-corrected chi connectivity index (χ4v) is 3.56. The average Bonchev–Trinajstić information content (AvgIpc) is 2.76. The van der Waals surface area contributed by atoms with Gasteiger partial charge in [-0.05, 0) is 38.4 Å². The summed E-state index contributed by atoms with van der Waals surface area (Å²) >= 11 is 0. The molecule has 0 aromatic heterocycles. The molecule has 0 radical (unpaired) electrons. The third-order valence-electron chi connectivity index (χ3n) is 5.32. The zero-order valence-electron chi connectivity index (χ0n) is 19.5. The van der Waals surface area contributed by atoms with E-state index in [2.05, 4.69) is 48.1 Å². The number of aliphatic imine (C=N–C) groups is 1. The largest absolute Gasteiger partial charge is 0.497 e. The van der Waals surface area contributed by atoms with Crippen molar-refractivity contribution >= 4 is 5.96 Å². The van der Waals surface area contributed by atoms with E-state index in [9.17, 15) is 0 Å². The predicted molar refractivity (Wildman–Crippen MR) is 125 cm³/mol. The first-order valence-corrected chi connectivity index (χ1v) is 11.3. The van der Waals surface area contributed by atoms with Gasteiger partial charge in [0.05, 0.1) is 13.7 Å². The quantitative estimate of drug-likeness (QED) is 0.424. The van der Waals surface area contributed by atoms with Gasteiger partial charge in [0.15, 0.2) is 5.96 Å². The Kier molecular flexibility index (Phi) is 10.8. The summed E-state index contributed by atoms with van der Waals surface area (Å²) in [7, 11) is 1.66. The molecule has 0 amide bonds. The second-order valence-electron chi connectivity index (χ2n) is 8.05. The summed E-state index contributed by atoms with van der Waals surface area (Å²) in [6.45, 7) is 18.0. The zero-order chi connectivity index (χ0) is 21.8. The predicted octanol–water partition coefficient (Wildman–Crippen LogP) is 2.29. The Morgan fingerprint density at radius 2 is 1.77 bits per heavy atom. The molecule has 0 bridgehead atoms. The molecule has 0 saturated carbocycles. The minimum atomic E-state index is 0.00764. The highest BCUT2D eigenvalue weighted by Gasteiger charge is 2.17. The maximum Gasteiger partial charge on any atom is 0.191 e. The fraction of sp³-hybridized carbons (Fsp3) is 0.696. The number of ether oxygens (including phenoxy) is 2. The molecule has 30 heavy (non-hydrogen) atoms. The molecule has 1 heterocycles. The summed E-state index contributed by atoms with van der Waals surface area (Å²) < 4.78 is 11.2. The van der Waals surface area contributed by atoms with Crippen LogP contribution in [0.15, 0.2) is 29.3 Å². The second kappa shape index (κ2) is 13.3. The topological polar surface area (TPSA) is 61.4 Å². The molecule has 0 spiro atoms. The van der Waals surface area contributed by atoms with Gasteiger partial charge >= 0.3 is 0 Å². The van der Waals surface area contributed by atoms with Crippen molar-refractivity contribution in [2.75, 3.05) is 66.0 Å². The lowest BCUT2D eigenvalue weighted by molar-refractivity contribution is 0.125. The summed E-state index contributed by atoms with van der Waals surface area (Å²) in [6, 6.07) is 7.69. The van der Waals surface area contributed by atoms with Crippen LogP contribution in [0.4, 0.5) is 0 Å². The number of benzene rings is 1. The van der Waals surface area contributed by atoms with Crippen LogP contribution in [0.3, 0.4) is 0 Å². The molecule has 1 aromatic rings. The zero-order valence-corrected chi connectivity index (χ0v) is 19.5. The third-order valence-corrected chi connectivity index (χ3v) is 5.32. The highest BCUT2D eigenvalue weighted by atomic mass is 16.5. The molecular formula is C23H41N5O2. The Hall–Kier alpha value is -1.99. The molecule has 7 nitrogen and oxygen atoms in total. The summed E-state index contributed by atoms with van der Waals surface area (Å²) in [5, 5.41) is 6.74. The van der Waals surface area contributed by atoms with Crippen LogP contribution in [-0.2, 0) is 0 Å². The molecule has 1 aliphatic heterocycles. The van der Waals surface area contributed by atoms with Crippen molar-refractivity contribution in [3.8, 4) is 11.5 Å². The smallest absolute Gasteiger partial charge is 0.191 e. The number of rotatable bonds is 11. The van der Waals surface area contributed by atoms with Crippen molar-refractivity contribution < 1.29 is 9.47 Å². The SMILES string of the molecule is CCNC(=NCC(C)CN1CCN(CC)CC1)NCC(C)Oc1cccc(OC)c1. The van der Waals surface area contributed by atoms with E-state index in [0.717, 1.165) is 43.6 Å². The highest BCUT2D eigenvalue weighted by Crippen LogP contribution is 2.19. The van der Waals surface area contributed by atoms with Crippen molar-refractivity contribution in [2.45, 2.75) is 33.8 Å². The fourth-order valence-electron chi connectivity index (χ4n) is 3.56. The van der Waals surface area contributed by atoms with E-state index in [4.69, 9.17) is 14.5 Å². The van der Waals surface area contributed by atoms with Gasteiger partial charge in [-0.3, -0.25) is 4.99 Å². The van der Waals surface area contributed by atoms with Gasteiger partial charge < -0.3 is 29.9 Å². The number of nitrogens with zero attached hydrogens (tertiary/aromatic N) is 3. The van der Waals surface area contributed by atoms with Gasteiger partial charge in [0.2, 0.25) is 0 Å². The summed E-state index contributed by atoms with van der Waals surface area (Å²) in [4.78, 5) is 9.88. The Balaban J connectivity index is 1.76. The number of hydrogen-bond donors (Lipinski definition) is 2. The van der Waals surface area contributed by atoms with Crippen LogP contribution in [0.2, 0.25) is 0 Å². The van der Waals surface area contributed by atoms with Crippen LogP contribution in [0.1, 0.15) is 27.7 Å². The molecule has 2 atom stereocenters. The highest BCUT2D eigenvalue weighted by molar-refractivity contribution is 5.79. The Labute approximate surface area is 182 Å². The lowest BCUT2D eigenvalue weighted by Crippen LogP contribution is -2.47. The standard InChI is InChI=1S/C23H41N5O2/c1-6-24-23(25-16-19(3)18-28-13-11-27(7-2)12-14-28)26-17-20(4)30-22-10-8-9-21(15-22)29-5/h8-10,15,19-20H,6-7,11-14,16-18H2,1-5H3,(H2,24,25,26). The monoisotopic (exact) mass is 419 g/mol. The van der Waals surface area contributed by atoms with Gasteiger partial charge in [0.25, 0.3) is 0 Å². The van der Waals surface area contributed by atoms with Crippen LogP contribution >= 0.6 is 0 Å². The summed E-state index contributed by atoms with van der Waals surface area (Å²) in [5.74, 6) is 2.98. The molecule has 2 N–H and O–H groups in total. The van der Waals surface area contributed by atoms with Crippen molar-refractivity contribution in [3.05, 3.63) is 24.3 Å². The minimum absolute atomic E-state index is 0.00764. The lowest BCUT2D eigenvalue weighted by Gasteiger charge is -2.35. The van der Waals surface area contributed by atoms with Crippen molar-refractivity contribution in [1.82, 2.24) is 20.4 Å². The molecule has 1 aromatic carbocycles. The van der Waals surface area contributed by atoms with Crippen LogP contribution < -0.4 is 20.1 Å². The lowest BCUT2D eigenvalue weighted by atomic mass is 10.1. The van der Waals surface area contributed by atoms with Crippen molar-refractivity contribution in [1.29, 1.82) is 0 Å². The van der Waals surface area contributed by atoms with E-state index >= 15 is 0 Å². The number of likely N-dealkylation sites (N-methyl/N-ethyl adjacent to an activating group) is 1. The Morgan fingerprint density at radius 3 is 2.43 bits per heavy atom. The Morgan fingerprint density at radius 1 is 1.07 bits per heavy atom. The molecule has 2 rings (SSSR count). The molecule has 1 saturated heterocycles. The normalized spacial score (nSPS) is 18.0. The number of guanidine groups is 1. The van der Waals surface area contributed by atoms with Crippen LogP contribution in [0.25, 0.3) is 0 Å². The molecule has 1 aliphatic rings. The molecular weight excluding hydrogens is 378 g/mol. The van der Waals surface area contributed by atoms with Gasteiger partial charge in [-0.25, -0.2) is 0 Å². The molecule has 0 aliphatic carbocycles. The summed E-state index contributed by atoms with van der Waals surface area (Å²) in [6.07, 6.45) is 0.00764. The molecule has 2 unspecified atom stereocenters. The number of methoxy groups -OCH3 is 1. The van der Waals surface area contributed by atoms with E-state index in [1.54, 1.807) is 7.11 Å². The van der Waals surface area contributed by atoms with Gasteiger partial charge in [0.1, 0.15) is 17.6 Å². The maximum absolute atomic E-state index is 5.99. The number of piperazine rings is 1. The van der Waals surface area contributed by atoms with Gasteiger partial charge in [0, 0.05) is 51.9 Å². The second-order valence-corrected chi connectivity index (χ2v) is 8.05. The average molecular weight is 420 g/mol. The van der Waals surface area contributed by atoms with E-state index in [0.29, 0.717) is 12.5 Å². The third kappa shape index (κ3) is 8.79. The first-order valence-electron chi connectivity index (χ1n) is 11.3. The Bertz CT molecular complexity index is 632. The van der Waals surface area contributed by atoms with Crippen LogP contribution in [-0.4, -0.2) is 87.9 Å². The van der Waals surface area contributed by atoms with Gasteiger partial charge in [-0.2, -0.15) is 0 Å². The molecule has 1 fully saturated rings. The first kappa shape index (κ1) is 24.3. The number of nitrogens with one attached hydrogen (secondary N) is 2. The van der Waals surface area contributed by atoms with E-state index in [1.807, 2.05) is 24.3 Å². The van der Waals surface area contributed by atoms with E-state index in [-0.39, 0.29) is 6.10 Å². The van der Waals surface area contributed by atoms with Crippen LogP contribution in [0.5, 0.6) is 11.5 Å². The van der Waals surface area contributed by atoms with E-state index < -0.39 is 0 Å². The van der Waals surface area contributed by atoms with Crippen LogP contribution in [0, 0.1) is 5.92 Å².